The third-order valence-corrected chi connectivity index (χ3v) is 7.28. The summed E-state index contributed by atoms with van der Waals surface area (Å²) in [6, 6.07) is 11.8. The molecule has 0 spiro atoms. The fourth-order valence-electron chi connectivity index (χ4n) is 4.62. The molecule has 1 unspecified atom stereocenters. The number of hydrogen-bond acceptors (Lipinski definition) is 3. The average molecular weight is 443 g/mol. The lowest BCUT2D eigenvalue weighted by atomic mass is 10.0. The Morgan fingerprint density at radius 3 is 2.58 bits per heavy atom. The topological polar surface area (TPSA) is 30.9 Å². The highest BCUT2D eigenvalue weighted by atomic mass is 32.1. The minimum Gasteiger partial charge on any atom is -0.371 e. The van der Waals surface area contributed by atoms with Gasteiger partial charge in [0.05, 0.1) is 17.9 Å². The number of amidine groups is 1. The normalized spacial score (nSPS) is 22.2. The number of nitrogens with zero attached hydrogens (tertiary/aromatic N) is 3. The lowest BCUT2D eigenvalue weighted by Gasteiger charge is -2.26. The molecule has 0 aromatic heterocycles. The number of hydrogen-bond donors (Lipinski definition) is 1. The molecule has 2 heterocycles. The van der Waals surface area contributed by atoms with Crippen LogP contribution >= 0.6 is 12.2 Å². The van der Waals surface area contributed by atoms with E-state index in [1.54, 1.807) is 0 Å². The standard InChI is InChI=1S/C26H42N4S/c1-5-21(4)25-27-18-23(28-25)15-9-10-16-29-19-24(22-13-7-6-8-14-22)30(26(29)31)17-11-12-20(2)3/h6-8,13-14,20-21,23-24H,5,9-12,15-19H2,1-4H3,(H,27,28)/t21?,23-,24-/m0/s1. The first-order valence-electron chi connectivity index (χ1n) is 12.4. The third kappa shape index (κ3) is 6.68. The van der Waals surface area contributed by atoms with Gasteiger partial charge >= 0.3 is 0 Å². The molecule has 0 bridgehead atoms. The molecule has 31 heavy (non-hydrogen) atoms. The van der Waals surface area contributed by atoms with Crippen molar-refractivity contribution in [3.05, 3.63) is 35.9 Å². The first-order valence-corrected chi connectivity index (χ1v) is 12.8. The van der Waals surface area contributed by atoms with E-state index < -0.39 is 0 Å². The van der Waals surface area contributed by atoms with Crippen LogP contribution in [0.2, 0.25) is 0 Å². The van der Waals surface area contributed by atoms with Crippen molar-refractivity contribution < 1.29 is 0 Å². The summed E-state index contributed by atoms with van der Waals surface area (Å²) in [4.78, 5) is 9.84. The van der Waals surface area contributed by atoms with E-state index >= 15 is 0 Å². The number of aliphatic imine (C=N–C) groups is 1. The van der Waals surface area contributed by atoms with E-state index in [9.17, 15) is 0 Å². The maximum Gasteiger partial charge on any atom is 0.172 e. The van der Waals surface area contributed by atoms with Crippen LogP contribution in [0.5, 0.6) is 0 Å². The van der Waals surface area contributed by atoms with Crippen molar-refractivity contribution in [2.45, 2.75) is 78.3 Å². The smallest absolute Gasteiger partial charge is 0.172 e. The maximum absolute atomic E-state index is 5.95. The summed E-state index contributed by atoms with van der Waals surface area (Å²) in [6.45, 7) is 13.3. The van der Waals surface area contributed by atoms with Gasteiger partial charge in [-0.3, -0.25) is 4.99 Å². The van der Waals surface area contributed by atoms with Gasteiger partial charge in [-0.25, -0.2) is 0 Å². The third-order valence-electron chi connectivity index (χ3n) is 6.79. The second-order valence-electron chi connectivity index (χ2n) is 9.74. The van der Waals surface area contributed by atoms with Crippen LogP contribution in [-0.4, -0.2) is 53.0 Å². The van der Waals surface area contributed by atoms with Gasteiger partial charge in [-0.15, -0.1) is 0 Å². The van der Waals surface area contributed by atoms with Crippen molar-refractivity contribution in [3.8, 4) is 0 Å². The zero-order valence-electron chi connectivity index (χ0n) is 20.0. The van der Waals surface area contributed by atoms with E-state index in [2.05, 4.69) is 73.1 Å². The molecule has 172 valence electrons. The predicted molar refractivity (Wildman–Crippen MR) is 137 cm³/mol. The first-order chi connectivity index (χ1) is 15.0. The molecule has 0 amide bonds. The second kappa shape index (κ2) is 11.8. The molecule has 1 saturated heterocycles. The summed E-state index contributed by atoms with van der Waals surface area (Å²) in [5.41, 5.74) is 1.39. The van der Waals surface area contributed by atoms with Crippen molar-refractivity contribution in [1.82, 2.24) is 15.1 Å². The summed E-state index contributed by atoms with van der Waals surface area (Å²) in [5.74, 6) is 2.52. The molecule has 5 heteroatoms. The van der Waals surface area contributed by atoms with E-state index in [-0.39, 0.29) is 0 Å². The highest BCUT2D eigenvalue weighted by Crippen LogP contribution is 2.30. The number of nitrogens with one attached hydrogen (secondary N) is 1. The number of unbranched alkanes of at least 4 members (excludes halogenated alkanes) is 1. The van der Waals surface area contributed by atoms with Crippen LogP contribution in [0.4, 0.5) is 0 Å². The van der Waals surface area contributed by atoms with Gasteiger partial charge in [-0.05, 0) is 62.2 Å². The Bertz CT molecular complexity index is 717. The van der Waals surface area contributed by atoms with Crippen LogP contribution in [0.3, 0.4) is 0 Å². The second-order valence-corrected chi connectivity index (χ2v) is 10.1. The lowest BCUT2D eigenvalue weighted by molar-refractivity contribution is 0.334. The number of rotatable bonds is 12. The van der Waals surface area contributed by atoms with Gasteiger partial charge in [0.2, 0.25) is 0 Å². The van der Waals surface area contributed by atoms with Crippen LogP contribution in [0.25, 0.3) is 0 Å². The molecule has 0 radical (unpaired) electrons. The molecule has 3 rings (SSSR count). The Labute approximate surface area is 195 Å². The summed E-state index contributed by atoms with van der Waals surface area (Å²) < 4.78 is 0. The van der Waals surface area contributed by atoms with Gasteiger partial charge in [0.15, 0.2) is 5.11 Å². The number of benzene rings is 1. The summed E-state index contributed by atoms with van der Waals surface area (Å²) in [7, 11) is 0. The zero-order valence-corrected chi connectivity index (χ0v) is 20.8. The van der Waals surface area contributed by atoms with Crippen molar-refractivity contribution in [1.29, 1.82) is 0 Å². The molecular formula is C26H42N4S. The van der Waals surface area contributed by atoms with Crippen LogP contribution in [0.15, 0.2) is 35.3 Å². The van der Waals surface area contributed by atoms with Crippen molar-refractivity contribution in [3.63, 3.8) is 0 Å². The first kappa shape index (κ1) is 24.0. The molecule has 0 aliphatic carbocycles. The van der Waals surface area contributed by atoms with E-state index in [1.807, 2.05) is 0 Å². The van der Waals surface area contributed by atoms with Crippen LogP contribution in [0.1, 0.15) is 77.8 Å². The molecular weight excluding hydrogens is 400 g/mol. The summed E-state index contributed by atoms with van der Waals surface area (Å²) in [5, 5.41) is 4.57. The SMILES string of the molecule is CCC(C)C1=N[C@@H](CCCCN2C[C@@H](c3ccccc3)N(CCCC(C)C)C2=S)CN1. The molecule has 2 aliphatic rings. The average Bonchev–Trinajstić information content (AvgIpc) is 3.36. The molecule has 1 fully saturated rings. The van der Waals surface area contributed by atoms with E-state index in [1.165, 1.54) is 43.5 Å². The number of thiocarbonyl (C=S) groups is 1. The van der Waals surface area contributed by atoms with Crippen molar-refractivity contribution >= 4 is 23.2 Å². The van der Waals surface area contributed by atoms with Gasteiger partial charge in [0.1, 0.15) is 0 Å². The van der Waals surface area contributed by atoms with Gasteiger partial charge in [-0.1, -0.05) is 58.0 Å². The van der Waals surface area contributed by atoms with Crippen molar-refractivity contribution in [2.75, 3.05) is 26.2 Å². The van der Waals surface area contributed by atoms with Gasteiger partial charge in [-0.2, -0.15) is 0 Å². The minimum absolute atomic E-state index is 0.391. The molecule has 0 saturated carbocycles. The molecule has 1 aromatic rings. The van der Waals surface area contributed by atoms with Crippen molar-refractivity contribution in [2.24, 2.45) is 16.8 Å². The monoisotopic (exact) mass is 442 g/mol. The van der Waals surface area contributed by atoms with Crippen LogP contribution < -0.4 is 5.32 Å². The Balaban J connectivity index is 1.50. The Kier molecular flexibility index (Phi) is 9.18. The zero-order chi connectivity index (χ0) is 22.2. The minimum atomic E-state index is 0.391. The predicted octanol–water partition coefficient (Wildman–Crippen LogP) is 5.65. The molecule has 1 N–H and O–H groups in total. The highest BCUT2D eigenvalue weighted by molar-refractivity contribution is 7.80. The summed E-state index contributed by atoms with van der Waals surface area (Å²) >= 11 is 5.95. The Hall–Kier alpha value is -1.62. The molecule has 4 nitrogen and oxygen atoms in total. The quantitative estimate of drug-likeness (QED) is 0.335. The highest BCUT2D eigenvalue weighted by Gasteiger charge is 2.34. The van der Waals surface area contributed by atoms with Crippen LogP contribution in [0, 0.1) is 11.8 Å². The molecule has 2 aliphatic heterocycles. The van der Waals surface area contributed by atoms with Gasteiger partial charge in [0, 0.05) is 32.1 Å². The van der Waals surface area contributed by atoms with Gasteiger partial charge < -0.3 is 15.1 Å². The molecule has 1 aromatic carbocycles. The fourth-order valence-corrected chi connectivity index (χ4v) is 5.01. The Morgan fingerprint density at radius 2 is 1.87 bits per heavy atom. The van der Waals surface area contributed by atoms with E-state index in [0.29, 0.717) is 18.0 Å². The maximum atomic E-state index is 5.95. The van der Waals surface area contributed by atoms with Gasteiger partial charge in [0.25, 0.3) is 0 Å². The van der Waals surface area contributed by atoms with E-state index in [4.69, 9.17) is 17.2 Å². The largest absolute Gasteiger partial charge is 0.371 e. The van der Waals surface area contributed by atoms with Crippen LogP contribution in [-0.2, 0) is 0 Å². The van der Waals surface area contributed by atoms with E-state index in [0.717, 1.165) is 43.6 Å². The summed E-state index contributed by atoms with van der Waals surface area (Å²) in [6.07, 6.45) is 7.20. The molecule has 3 atom stereocenters. The fraction of sp³-hybridized carbons (Fsp3) is 0.692. The Morgan fingerprint density at radius 1 is 1.10 bits per heavy atom. The lowest BCUT2D eigenvalue weighted by Crippen LogP contribution is -2.33.